The van der Waals surface area contributed by atoms with Crippen molar-refractivity contribution < 1.29 is 23.8 Å². The molecule has 2 amide bonds. The summed E-state index contributed by atoms with van der Waals surface area (Å²) in [5.74, 6) is -2.05. The van der Waals surface area contributed by atoms with Crippen LogP contribution in [0.15, 0.2) is 47.6 Å². The van der Waals surface area contributed by atoms with Crippen LogP contribution in [0.4, 0.5) is 4.39 Å². The van der Waals surface area contributed by atoms with Crippen molar-refractivity contribution in [2.24, 2.45) is 11.0 Å². The van der Waals surface area contributed by atoms with Gasteiger partial charge in [0.05, 0.1) is 18.9 Å². The van der Waals surface area contributed by atoms with Crippen LogP contribution in [-0.4, -0.2) is 36.3 Å². The topological polar surface area (TPSA) is 100 Å². The molecule has 8 heteroatoms. The molecular weight excluding hydrogens is 365 g/mol. The molecule has 0 aliphatic rings. The Kier molecular flexibility index (Phi) is 7.08. The van der Waals surface area contributed by atoms with Crippen LogP contribution in [0.5, 0.6) is 11.5 Å². The number of hydrogen-bond donors (Lipinski definition) is 3. The third kappa shape index (κ3) is 5.06. The van der Waals surface area contributed by atoms with Crippen LogP contribution in [0.3, 0.4) is 0 Å². The van der Waals surface area contributed by atoms with Gasteiger partial charge in [0, 0.05) is 5.56 Å². The highest BCUT2D eigenvalue weighted by Crippen LogP contribution is 2.27. The molecule has 0 saturated heterocycles. The molecule has 0 aromatic heterocycles. The predicted octanol–water partition coefficient (Wildman–Crippen LogP) is 2.44. The van der Waals surface area contributed by atoms with E-state index in [0.29, 0.717) is 5.56 Å². The number of phenolic OH excluding ortho intramolecular Hbond substituents is 1. The minimum absolute atomic E-state index is 0.115. The van der Waals surface area contributed by atoms with Gasteiger partial charge in [0.15, 0.2) is 11.5 Å². The molecular formula is C20H22FN3O4. The fourth-order valence-electron chi connectivity index (χ4n) is 2.44. The highest BCUT2D eigenvalue weighted by Gasteiger charge is 2.25. The molecule has 0 saturated carbocycles. The zero-order chi connectivity index (χ0) is 20.7. The zero-order valence-corrected chi connectivity index (χ0v) is 15.8. The summed E-state index contributed by atoms with van der Waals surface area (Å²) >= 11 is 0. The fraction of sp³-hybridized carbons (Fsp3) is 0.250. The largest absolute Gasteiger partial charge is 0.504 e. The first-order valence-corrected chi connectivity index (χ1v) is 8.59. The average Bonchev–Trinajstić information content (AvgIpc) is 2.67. The number of ether oxygens (including phenoxy) is 1. The lowest BCUT2D eigenvalue weighted by Crippen LogP contribution is -2.48. The molecule has 0 radical (unpaired) electrons. The highest BCUT2D eigenvalue weighted by molar-refractivity contribution is 5.98. The van der Waals surface area contributed by atoms with E-state index < -0.39 is 23.7 Å². The number of para-hydroxylation sites is 1. The van der Waals surface area contributed by atoms with Gasteiger partial charge in [0.25, 0.3) is 11.8 Å². The van der Waals surface area contributed by atoms with Gasteiger partial charge in [-0.3, -0.25) is 9.59 Å². The van der Waals surface area contributed by atoms with Crippen LogP contribution < -0.4 is 15.5 Å². The van der Waals surface area contributed by atoms with E-state index in [1.807, 2.05) is 0 Å². The van der Waals surface area contributed by atoms with E-state index in [-0.39, 0.29) is 23.0 Å². The number of rotatable bonds is 7. The summed E-state index contributed by atoms with van der Waals surface area (Å²) in [4.78, 5) is 24.7. The maximum absolute atomic E-state index is 13.8. The first kappa shape index (κ1) is 20.9. The van der Waals surface area contributed by atoms with Gasteiger partial charge in [0.2, 0.25) is 0 Å². The van der Waals surface area contributed by atoms with Gasteiger partial charge < -0.3 is 15.2 Å². The molecule has 7 nitrogen and oxygen atoms in total. The van der Waals surface area contributed by atoms with Gasteiger partial charge in [-0.1, -0.05) is 32.0 Å². The second kappa shape index (κ2) is 9.50. The number of nitrogens with zero attached hydrogens (tertiary/aromatic N) is 1. The Morgan fingerprint density at radius 3 is 2.54 bits per heavy atom. The van der Waals surface area contributed by atoms with Gasteiger partial charge in [0.1, 0.15) is 11.9 Å². The van der Waals surface area contributed by atoms with Crippen LogP contribution >= 0.6 is 0 Å². The van der Waals surface area contributed by atoms with Gasteiger partial charge in [-0.2, -0.15) is 5.10 Å². The number of aromatic hydroxyl groups is 1. The molecule has 0 fully saturated rings. The molecule has 0 heterocycles. The summed E-state index contributed by atoms with van der Waals surface area (Å²) in [6, 6.07) is 9.42. The van der Waals surface area contributed by atoms with E-state index in [1.165, 1.54) is 37.6 Å². The number of halogens is 1. The predicted molar refractivity (Wildman–Crippen MR) is 103 cm³/mol. The number of carbonyl (C=O) groups excluding carboxylic acids is 2. The van der Waals surface area contributed by atoms with Gasteiger partial charge >= 0.3 is 0 Å². The van der Waals surface area contributed by atoms with Crippen LogP contribution in [-0.2, 0) is 4.79 Å². The second-order valence-corrected chi connectivity index (χ2v) is 6.31. The first-order chi connectivity index (χ1) is 13.3. The monoisotopic (exact) mass is 387 g/mol. The number of phenols is 1. The molecule has 0 spiro atoms. The van der Waals surface area contributed by atoms with E-state index in [9.17, 15) is 19.1 Å². The van der Waals surface area contributed by atoms with Crippen LogP contribution in [0.1, 0.15) is 29.8 Å². The molecule has 0 aliphatic carbocycles. The zero-order valence-electron chi connectivity index (χ0n) is 15.8. The van der Waals surface area contributed by atoms with E-state index in [1.54, 1.807) is 32.0 Å². The fourth-order valence-corrected chi connectivity index (χ4v) is 2.44. The Morgan fingerprint density at radius 2 is 1.89 bits per heavy atom. The molecule has 1 unspecified atom stereocenters. The maximum Gasteiger partial charge on any atom is 0.262 e. The molecule has 0 bridgehead atoms. The molecule has 0 aliphatic heterocycles. The lowest BCUT2D eigenvalue weighted by molar-refractivity contribution is -0.123. The number of hydrazone groups is 1. The Morgan fingerprint density at radius 1 is 1.18 bits per heavy atom. The maximum atomic E-state index is 13.8. The van der Waals surface area contributed by atoms with E-state index in [4.69, 9.17) is 4.74 Å². The third-order valence-corrected chi connectivity index (χ3v) is 3.98. The molecule has 28 heavy (non-hydrogen) atoms. The minimum Gasteiger partial charge on any atom is -0.504 e. The highest BCUT2D eigenvalue weighted by atomic mass is 19.1. The van der Waals surface area contributed by atoms with Gasteiger partial charge in [-0.15, -0.1) is 0 Å². The molecule has 148 valence electrons. The summed E-state index contributed by atoms with van der Waals surface area (Å²) in [6.07, 6.45) is 1.26. The van der Waals surface area contributed by atoms with Crippen molar-refractivity contribution in [3.8, 4) is 11.5 Å². The smallest absolute Gasteiger partial charge is 0.262 e. The Balaban J connectivity index is 2.07. The standard InChI is InChI=1S/C20H22FN3O4/c1-12(2)17(23-19(26)14-8-4-5-9-15(14)21)20(27)24-22-11-13-7-6-10-16(28-3)18(13)25/h4-12,17,25H,1-3H3,(H,23,26)(H,24,27)/b22-11+. The Labute approximate surface area is 162 Å². The third-order valence-electron chi connectivity index (χ3n) is 3.98. The van der Waals surface area contributed by atoms with Gasteiger partial charge in [-0.05, 0) is 30.2 Å². The quantitative estimate of drug-likeness (QED) is 0.502. The number of carbonyl (C=O) groups is 2. The summed E-state index contributed by atoms with van der Waals surface area (Å²) < 4.78 is 18.8. The number of methoxy groups -OCH3 is 1. The van der Waals surface area contributed by atoms with Crippen LogP contribution in [0, 0.1) is 11.7 Å². The minimum atomic E-state index is -0.928. The van der Waals surface area contributed by atoms with Crippen molar-refractivity contribution in [2.75, 3.05) is 7.11 Å². The van der Waals surface area contributed by atoms with Crippen LogP contribution in [0.2, 0.25) is 0 Å². The van der Waals surface area contributed by atoms with Crippen LogP contribution in [0.25, 0.3) is 0 Å². The van der Waals surface area contributed by atoms with Crippen molar-refractivity contribution in [1.82, 2.24) is 10.7 Å². The van der Waals surface area contributed by atoms with Crippen molar-refractivity contribution in [3.63, 3.8) is 0 Å². The number of hydrogen-bond acceptors (Lipinski definition) is 5. The van der Waals surface area contributed by atoms with Crippen molar-refractivity contribution >= 4 is 18.0 Å². The van der Waals surface area contributed by atoms with E-state index in [0.717, 1.165) is 0 Å². The average molecular weight is 387 g/mol. The second-order valence-electron chi connectivity index (χ2n) is 6.31. The Bertz CT molecular complexity index is 884. The number of amides is 2. The van der Waals surface area contributed by atoms with Gasteiger partial charge in [-0.25, -0.2) is 9.82 Å². The molecule has 3 N–H and O–H groups in total. The first-order valence-electron chi connectivity index (χ1n) is 8.59. The summed E-state index contributed by atoms with van der Waals surface area (Å²) in [5.41, 5.74) is 2.52. The molecule has 2 rings (SSSR count). The normalized spacial score (nSPS) is 12.0. The van der Waals surface area contributed by atoms with E-state index >= 15 is 0 Å². The SMILES string of the molecule is COc1cccc(/C=N/NC(=O)C(NC(=O)c2ccccc2F)C(C)C)c1O. The number of nitrogens with one attached hydrogen (secondary N) is 2. The van der Waals surface area contributed by atoms with E-state index in [2.05, 4.69) is 15.8 Å². The Hall–Kier alpha value is -3.42. The molecule has 1 atom stereocenters. The van der Waals surface area contributed by atoms with Crippen molar-refractivity contribution in [1.29, 1.82) is 0 Å². The van der Waals surface area contributed by atoms with Crippen molar-refractivity contribution in [2.45, 2.75) is 19.9 Å². The summed E-state index contributed by atoms with van der Waals surface area (Å²) in [5, 5.41) is 16.3. The van der Waals surface area contributed by atoms with Crippen molar-refractivity contribution in [3.05, 3.63) is 59.4 Å². The lowest BCUT2D eigenvalue weighted by atomic mass is 10.0. The summed E-state index contributed by atoms with van der Waals surface area (Å²) in [6.45, 7) is 3.48. The molecule has 2 aromatic carbocycles. The number of benzene rings is 2. The molecule has 2 aromatic rings. The lowest BCUT2D eigenvalue weighted by Gasteiger charge is -2.20. The summed E-state index contributed by atoms with van der Waals surface area (Å²) in [7, 11) is 1.42.